The minimum absolute atomic E-state index is 0.275. The molecule has 0 fully saturated rings. The summed E-state index contributed by atoms with van der Waals surface area (Å²) in [5.41, 5.74) is 3.42. The lowest BCUT2D eigenvalue weighted by molar-refractivity contribution is 0.304. The van der Waals surface area contributed by atoms with Crippen LogP contribution in [0.4, 0.5) is 4.39 Å². The zero-order valence-electron chi connectivity index (χ0n) is 13.3. The van der Waals surface area contributed by atoms with E-state index in [9.17, 15) is 9.18 Å². The lowest BCUT2D eigenvalue weighted by Crippen LogP contribution is -2.06. The molecule has 1 heterocycles. The highest BCUT2D eigenvalue weighted by atomic mass is 19.1. The van der Waals surface area contributed by atoms with Gasteiger partial charge in [0, 0.05) is 16.5 Å². The predicted octanol–water partition coefficient (Wildman–Crippen LogP) is 4.44. The summed E-state index contributed by atoms with van der Waals surface area (Å²) in [5.74, 6) is 0.372. The summed E-state index contributed by atoms with van der Waals surface area (Å²) in [6, 6.07) is 9.92. The van der Waals surface area contributed by atoms with Crippen LogP contribution in [0.15, 0.2) is 45.6 Å². The number of aryl methyl sites for hydroxylation is 2. The van der Waals surface area contributed by atoms with E-state index < -0.39 is 0 Å². The van der Waals surface area contributed by atoms with E-state index in [4.69, 9.17) is 9.15 Å². The zero-order valence-corrected chi connectivity index (χ0v) is 13.3. The summed E-state index contributed by atoms with van der Waals surface area (Å²) in [5, 5.41) is 0.911. The van der Waals surface area contributed by atoms with Gasteiger partial charge in [-0.1, -0.05) is 12.1 Å². The largest absolute Gasteiger partial charge is 0.488 e. The third kappa shape index (κ3) is 2.84. The van der Waals surface area contributed by atoms with Gasteiger partial charge in [0.05, 0.1) is 0 Å². The van der Waals surface area contributed by atoms with Crippen molar-refractivity contribution in [3.63, 3.8) is 0 Å². The van der Waals surface area contributed by atoms with Crippen molar-refractivity contribution in [2.45, 2.75) is 27.4 Å². The molecule has 0 aliphatic rings. The molecular weight excluding hydrogens is 295 g/mol. The second-order valence-electron chi connectivity index (χ2n) is 5.62. The Kier molecular flexibility index (Phi) is 3.90. The van der Waals surface area contributed by atoms with Gasteiger partial charge in [-0.15, -0.1) is 0 Å². The van der Waals surface area contributed by atoms with Crippen LogP contribution < -0.4 is 10.4 Å². The molecule has 118 valence electrons. The third-order valence-corrected chi connectivity index (χ3v) is 4.13. The molecule has 0 saturated carbocycles. The normalized spacial score (nSPS) is 11.0. The molecular formula is C19H17FO3. The highest BCUT2D eigenvalue weighted by Gasteiger charge is 2.12. The van der Waals surface area contributed by atoms with Gasteiger partial charge in [0.2, 0.25) is 0 Å². The summed E-state index contributed by atoms with van der Waals surface area (Å²) in [6.45, 7) is 5.85. The Morgan fingerprint density at radius 1 is 0.957 bits per heavy atom. The second kappa shape index (κ2) is 5.88. The van der Waals surface area contributed by atoms with Crippen LogP contribution in [0.5, 0.6) is 5.75 Å². The maximum absolute atomic E-state index is 12.9. The van der Waals surface area contributed by atoms with Crippen molar-refractivity contribution in [3.05, 3.63) is 74.9 Å². The van der Waals surface area contributed by atoms with Gasteiger partial charge in [0.1, 0.15) is 23.8 Å². The Hall–Kier alpha value is -2.62. The van der Waals surface area contributed by atoms with Gasteiger partial charge in [-0.2, -0.15) is 0 Å². The van der Waals surface area contributed by atoms with Crippen molar-refractivity contribution >= 4 is 11.0 Å². The van der Waals surface area contributed by atoms with Crippen molar-refractivity contribution < 1.29 is 13.5 Å². The van der Waals surface area contributed by atoms with Gasteiger partial charge in [-0.25, -0.2) is 9.18 Å². The Morgan fingerprint density at radius 2 is 1.65 bits per heavy atom. The fraction of sp³-hybridized carbons (Fsp3) is 0.211. The summed E-state index contributed by atoms with van der Waals surface area (Å²) in [6.07, 6.45) is 0. The van der Waals surface area contributed by atoms with Crippen LogP contribution in [0, 0.1) is 26.6 Å². The molecule has 0 bridgehead atoms. The van der Waals surface area contributed by atoms with Gasteiger partial charge >= 0.3 is 5.63 Å². The molecule has 0 radical (unpaired) electrons. The number of rotatable bonds is 3. The summed E-state index contributed by atoms with van der Waals surface area (Å²) < 4.78 is 24.1. The standard InChI is InChI=1S/C19H17FO3/c1-11-12(2)19(21)23-18-13(3)17(9-8-16(11)18)22-10-14-4-6-15(20)7-5-14/h4-9H,10H2,1-3H3. The summed E-state index contributed by atoms with van der Waals surface area (Å²) in [7, 11) is 0. The van der Waals surface area contributed by atoms with Crippen LogP contribution >= 0.6 is 0 Å². The SMILES string of the molecule is Cc1c(C)c2ccc(OCc3ccc(F)cc3)c(C)c2oc1=O. The molecule has 0 saturated heterocycles. The van der Waals surface area contributed by atoms with E-state index in [0.29, 0.717) is 23.5 Å². The fourth-order valence-corrected chi connectivity index (χ4v) is 2.52. The van der Waals surface area contributed by atoms with Gasteiger partial charge in [0.25, 0.3) is 0 Å². The molecule has 3 aromatic rings. The molecule has 0 aliphatic carbocycles. The molecule has 3 rings (SSSR count). The Bertz CT molecular complexity index is 924. The average molecular weight is 312 g/mol. The Balaban J connectivity index is 1.96. The highest BCUT2D eigenvalue weighted by molar-refractivity contribution is 5.85. The van der Waals surface area contributed by atoms with E-state index in [1.807, 2.05) is 26.0 Å². The van der Waals surface area contributed by atoms with Crippen LogP contribution in [-0.2, 0) is 6.61 Å². The monoisotopic (exact) mass is 312 g/mol. The minimum atomic E-state index is -0.325. The number of fused-ring (bicyclic) bond motifs is 1. The maximum atomic E-state index is 12.9. The first-order chi connectivity index (χ1) is 11.0. The summed E-state index contributed by atoms with van der Waals surface area (Å²) >= 11 is 0. The van der Waals surface area contributed by atoms with Crippen molar-refractivity contribution in [1.29, 1.82) is 0 Å². The molecule has 0 unspecified atom stereocenters. The third-order valence-electron chi connectivity index (χ3n) is 4.13. The first-order valence-electron chi connectivity index (χ1n) is 7.38. The molecule has 0 atom stereocenters. The van der Waals surface area contributed by atoms with Crippen molar-refractivity contribution in [2.24, 2.45) is 0 Å². The highest BCUT2D eigenvalue weighted by Crippen LogP contribution is 2.29. The molecule has 0 spiro atoms. The summed E-state index contributed by atoms with van der Waals surface area (Å²) in [4.78, 5) is 11.9. The van der Waals surface area contributed by atoms with Gasteiger partial charge in [0.15, 0.2) is 0 Å². The Morgan fingerprint density at radius 3 is 2.35 bits per heavy atom. The maximum Gasteiger partial charge on any atom is 0.339 e. The number of ether oxygens (including phenoxy) is 1. The fourth-order valence-electron chi connectivity index (χ4n) is 2.52. The lowest BCUT2D eigenvalue weighted by atomic mass is 10.0. The van der Waals surface area contributed by atoms with Crippen LogP contribution in [0.1, 0.15) is 22.3 Å². The van der Waals surface area contributed by atoms with Crippen molar-refractivity contribution in [2.75, 3.05) is 0 Å². The molecule has 0 amide bonds. The van der Waals surface area contributed by atoms with Gasteiger partial charge < -0.3 is 9.15 Å². The molecule has 2 aromatic carbocycles. The zero-order chi connectivity index (χ0) is 16.6. The number of hydrogen-bond acceptors (Lipinski definition) is 3. The lowest BCUT2D eigenvalue weighted by Gasteiger charge is -2.12. The van der Waals surface area contributed by atoms with E-state index in [0.717, 1.165) is 22.1 Å². The van der Waals surface area contributed by atoms with Gasteiger partial charge in [-0.3, -0.25) is 0 Å². The predicted molar refractivity (Wildman–Crippen MR) is 87.4 cm³/mol. The molecule has 3 nitrogen and oxygen atoms in total. The Labute approximate surface area is 133 Å². The van der Waals surface area contributed by atoms with Crippen LogP contribution in [0.25, 0.3) is 11.0 Å². The van der Waals surface area contributed by atoms with Crippen LogP contribution in [0.2, 0.25) is 0 Å². The molecule has 23 heavy (non-hydrogen) atoms. The van der Waals surface area contributed by atoms with E-state index in [1.54, 1.807) is 19.1 Å². The van der Waals surface area contributed by atoms with E-state index in [-0.39, 0.29) is 11.4 Å². The quantitative estimate of drug-likeness (QED) is 0.671. The number of benzene rings is 2. The van der Waals surface area contributed by atoms with E-state index in [2.05, 4.69) is 0 Å². The average Bonchev–Trinajstić information content (AvgIpc) is 2.54. The number of halogens is 1. The van der Waals surface area contributed by atoms with E-state index >= 15 is 0 Å². The van der Waals surface area contributed by atoms with Gasteiger partial charge in [-0.05, 0) is 56.2 Å². The minimum Gasteiger partial charge on any atom is -0.488 e. The van der Waals surface area contributed by atoms with Crippen molar-refractivity contribution in [3.8, 4) is 5.75 Å². The molecule has 4 heteroatoms. The topological polar surface area (TPSA) is 39.4 Å². The first kappa shape index (κ1) is 15.3. The smallest absolute Gasteiger partial charge is 0.339 e. The van der Waals surface area contributed by atoms with Crippen LogP contribution in [-0.4, -0.2) is 0 Å². The van der Waals surface area contributed by atoms with Crippen molar-refractivity contribution in [1.82, 2.24) is 0 Å². The molecule has 0 aliphatic heterocycles. The van der Waals surface area contributed by atoms with E-state index in [1.165, 1.54) is 12.1 Å². The first-order valence-corrected chi connectivity index (χ1v) is 7.38. The molecule has 1 aromatic heterocycles. The van der Waals surface area contributed by atoms with Crippen LogP contribution in [0.3, 0.4) is 0 Å². The second-order valence-corrected chi connectivity index (χ2v) is 5.62. The number of hydrogen-bond donors (Lipinski definition) is 0. The molecule has 0 N–H and O–H groups in total.